The molecule has 0 aromatic carbocycles. The highest BCUT2D eigenvalue weighted by Crippen LogP contribution is 2.40. The summed E-state index contributed by atoms with van der Waals surface area (Å²) in [4.78, 5) is 17.6. The molecule has 3 aliphatic heterocycles. The fourth-order valence-corrected chi connectivity index (χ4v) is 6.40. The zero-order chi connectivity index (χ0) is 21.8. The molecule has 0 aliphatic carbocycles. The Balaban J connectivity index is 1.32. The lowest BCUT2D eigenvalue weighted by molar-refractivity contribution is 0.109. The summed E-state index contributed by atoms with van der Waals surface area (Å²) in [5, 5.41) is 0. The number of likely N-dealkylation sites (tertiary alicyclic amines) is 1. The normalized spacial score (nSPS) is 29.2. The van der Waals surface area contributed by atoms with Crippen LogP contribution in [0.25, 0.3) is 5.65 Å². The van der Waals surface area contributed by atoms with Crippen molar-refractivity contribution in [3.05, 3.63) is 59.7 Å². The first-order valence-electron chi connectivity index (χ1n) is 12.2. The van der Waals surface area contributed by atoms with Gasteiger partial charge in [0, 0.05) is 37.6 Å². The van der Waals surface area contributed by atoms with Crippen molar-refractivity contribution in [2.75, 3.05) is 32.1 Å². The van der Waals surface area contributed by atoms with Crippen LogP contribution in [0, 0.1) is 6.92 Å². The molecule has 3 aromatic rings. The Labute approximate surface area is 190 Å². The fourth-order valence-electron chi connectivity index (χ4n) is 6.40. The summed E-state index contributed by atoms with van der Waals surface area (Å²) in [6.45, 7) is 4.41. The van der Waals surface area contributed by atoms with Crippen molar-refractivity contribution in [3.8, 4) is 0 Å². The first kappa shape index (κ1) is 20.2. The maximum atomic E-state index is 5.13. The predicted octanol–water partition coefficient (Wildman–Crippen LogP) is 4.22. The third kappa shape index (κ3) is 3.23. The Morgan fingerprint density at radius 2 is 1.66 bits per heavy atom. The molecule has 0 radical (unpaired) electrons. The van der Waals surface area contributed by atoms with Gasteiger partial charge < -0.3 is 4.90 Å². The molecule has 168 valence electrons. The number of nitrogens with zero attached hydrogens (tertiary/aromatic N) is 6. The van der Waals surface area contributed by atoms with Crippen LogP contribution in [-0.2, 0) is 0 Å². The second kappa shape index (κ2) is 7.85. The van der Waals surface area contributed by atoms with Gasteiger partial charge in [0.15, 0.2) is 0 Å². The number of fused-ring (bicyclic) bond motifs is 3. The van der Waals surface area contributed by atoms with E-state index in [1.165, 1.54) is 42.0 Å². The zero-order valence-electron chi connectivity index (χ0n) is 19.5. The number of imidazole rings is 1. The Hall–Kier alpha value is -2.44. The van der Waals surface area contributed by atoms with Crippen LogP contribution in [0.2, 0.25) is 0 Å². The molecule has 3 aliphatic rings. The summed E-state index contributed by atoms with van der Waals surface area (Å²) in [5.74, 6) is 1.29. The summed E-state index contributed by atoms with van der Waals surface area (Å²) in [6.07, 6.45) is 10.4. The summed E-state index contributed by atoms with van der Waals surface area (Å²) < 4.78 is 2.34. The van der Waals surface area contributed by atoms with Crippen LogP contribution >= 0.6 is 0 Å². The van der Waals surface area contributed by atoms with Crippen LogP contribution in [0.5, 0.6) is 0 Å². The molecule has 2 bridgehead atoms. The van der Waals surface area contributed by atoms with Gasteiger partial charge in [-0.1, -0.05) is 12.1 Å². The van der Waals surface area contributed by atoms with E-state index >= 15 is 0 Å². The van der Waals surface area contributed by atoms with Gasteiger partial charge in [-0.25, -0.2) is 4.98 Å². The topological polar surface area (TPSA) is 39.9 Å². The lowest BCUT2D eigenvalue weighted by Crippen LogP contribution is -2.52. The molecular weight excluding hydrogens is 396 g/mol. The highest BCUT2D eigenvalue weighted by atomic mass is 15.3. The van der Waals surface area contributed by atoms with Gasteiger partial charge in [-0.2, -0.15) is 0 Å². The molecule has 3 aromatic heterocycles. The largest absolute Gasteiger partial charge is 0.355 e. The van der Waals surface area contributed by atoms with Crippen LogP contribution in [0.3, 0.4) is 0 Å². The number of piperazine rings is 1. The third-order valence-electron chi connectivity index (χ3n) is 8.31. The second-order valence-corrected chi connectivity index (χ2v) is 10.1. The molecular formula is C26H34N6. The van der Waals surface area contributed by atoms with Crippen molar-refractivity contribution in [1.29, 1.82) is 0 Å². The predicted molar refractivity (Wildman–Crippen MR) is 128 cm³/mol. The van der Waals surface area contributed by atoms with E-state index in [0.29, 0.717) is 24.2 Å². The van der Waals surface area contributed by atoms with Crippen LogP contribution in [0.1, 0.15) is 61.1 Å². The van der Waals surface area contributed by atoms with Gasteiger partial charge in [-0.3, -0.25) is 19.2 Å². The van der Waals surface area contributed by atoms with E-state index in [-0.39, 0.29) is 0 Å². The van der Waals surface area contributed by atoms with Gasteiger partial charge in [-0.15, -0.1) is 0 Å². The molecule has 6 rings (SSSR count). The summed E-state index contributed by atoms with van der Waals surface area (Å²) >= 11 is 0. The van der Waals surface area contributed by atoms with Crippen molar-refractivity contribution >= 4 is 11.5 Å². The van der Waals surface area contributed by atoms with E-state index in [0.717, 1.165) is 31.6 Å². The van der Waals surface area contributed by atoms with Gasteiger partial charge in [0.1, 0.15) is 11.5 Å². The smallest absolute Gasteiger partial charge is 0.138 e. The van der Waals surface area contributed by atoms with Gasteiger partial charge >= 0.3 is 0 Å². The van der Waals surface area contributed by atoms with Crippen molar-refractivity contribution in [2.45, 2.75) is 63.2 Å². The van der Waals surface area contributed by atoms with Crippen LogP contribution in [0.4, 0.5) is 5.82 Å². The zero-order valence-corrected chi connectivity index (χ0v) is 19.5. The highest BCUT2D eigenvalue weighted by Gasteiger charge is 2.38. The van der Waals surface area contributed by atoms with Gasteiger partial charge in [0.25, 0.3) is 0 Å². The van der Waals surface area contributed by atoms with E-state index in [4.69, 9.17) is 9.97 Å². The number of hydrogen-bond donors (Lipinski definition) is 0. The molecule has 0 N–H and O–H groups in total. The van der Waals surface area contributed by atoms with E-state index in [1.807, 2.05) is 12.3 Å². The van der Waals surface area contributed by atoms with Crippen LogP contribution in [0.15, 0.2) is 42.7 Å². The Bertz CT molecular complexity index is 1110. The third-order valence-corrected chi connectivity index (χ3v) is 8.31. The minimum atomic E-state index is 0.326. The minimum absolute atomic E-state index is 0.326. The van der Waals surface area contributed by atoms with Crippen molar-refractivity contribution in [1.82, 2.24) is 24.2 Å². The standard InChI is InChI=1S/C26H34N6/c1-18-7-6-14-27-26(18)23-9-4-8-22(30(23)3)21-17-32-24(28-21)10-5-11-25(32)31-15-19-12-13-20(16-31)29(19)2/h5-7,10-11,14,17,19-20,22-23H,4,8-9,12-13,15-16H2,1-3H3. The summed E-state index contributed by atoms with van der Waals surface area (Å²) in [5.41, 5.74) is 4.76. The van der Waals surface area contributed by atoms with Gasteiger partial charge in [0.2, 0.25) is 0 Å². The van der Waals surface area contributed by atoms with Crippen LogP contribution < -0.4 is 4.90 Å². The number of likely N-dealkylation sites (N-methyl/N-ethyl adjacent to an activating group) is 1. The lowest BCUT2D eigenvalue weighted by Gasteiger charge is -2.40. The van der Waals surface area contributed by atoms with Gasteiger partial charge in [-0.05, 0) is 76.9 Å². The number of pyridine rings is 2. The van der Waals surface area contributed by atoms with Crippen molar-refractivity contribution < 1.29 is 0 Å². The Kier molecular flexibility index (Phi) is 4.95. The number of aryl methyl sites for hydroxylation is 1. The number of anilines is 1. The highest BCUT2D eigenvalue weighted by molar-refractivity contribution is 5.53. The van der Waals surface area contributed by atoms with Gasteiger partial charge in [0.05, 0.1) is 23.5 Å². The first-order chi connectivity index (χ1) is 15.6. The van der Waals surface area contributed by atoms with E-state index in [2.05, 4.69) is 70.6 Å². The molecule has 0 saturated carbocycles. The molecule has 0 amide bonds. The maximum absolute atomic E-state index is 5.13. The lowest BCUT2D eigenvalue weighted by atomic mass is 9.91. The molecule has 32 heavy (non-hydrogen) atoms. The molecule has 6 heterocycles. The molecule has 3 saturated heterocycles. The SMILES string of the molecule is Cc1cccnc1C1CCCC(c2cn3c(N4CC5CCC(C4)N5C)cccc3n2)N1C. The Morgan fingerprint density at radius 3 is 2.44 bits per heavy atom. The molecule has 4 atom stereocenters. The summed E-state index contributed by atoms with van der Waals surface area (Å²) in [7, 11) is 4.56. The summed E-state index contributed by atoms with van der Waals surface area (Å²) in [6, 6.07) is 12.9. The van der Waals surface area contributed by atoms with Crippen LogP contribution in [-0.4, -0.2) is 63.4 Å². The first-order valence-corrected chi connectivity index (χ1v) is 12.2. The molecule has 6 nitrogen and oxygen atoms in total. The van der Waals surface area contributed by atoms with Crippen molar-refractivity contribution in [3.63, 3.8) is 0 Å². The van der Waals surface area contributed by atoms with E-state index < -0.39 is 0 Å². The maximum Gasteiger partial charge on any atom is 0.138 e. The molecule has 6 heteroatoms. The number of aromatic nitrogens is 3. The monoisotopic (exact) mass is 430 g/mol. The van der Waals surface area contributed by atoms with E-state index in [1.54, 1.807) is 0 Å². The quantitative estimate of drug-likeness (QED) is 0.622. The van der Waals surface area contributed by atoms with E-state index in [9.17, 15) is 0 Å². The average Bonchev–Trinajstić information content (AvgIpc) is 3.30. The molecule has 3 fully saturated rings. The van der Waals surface area contributed by atoms with Crippen molar-refractivity contribution in [2.24, 2.45) is 0 Å². The average molecular weight is 431 g/mol. The number of rotatable bonds is 3. The fraction of sp³-hybridized carbons (Fsp3) is 0.538. The number of piperidine rings is 1. The second-order valence-electron chi connectivity index (χ2n) is 10.1. The Morgan fingerprint density at radius 1 is 0.875 bits per heavy atom. The molecule has 4 unspecified atom stereocenters. The molecule has 0 spiro atoms. The number of hydrogen-bond acceptors (Lipinski definition) is 5. The minimum Gasteiger partial charge on any atom is -0.355 e.